The SMILES string of the molecule is CN1CCC(c2nc3cc(C(=O)O)ccc3o2)CC1. The molecule has 0 unspecified atom stereocenters. The van der Waals surface area contributed by atoms with E-state index >= 15 is 0 Å². The highest BCUT2D eigenvalue weighted by molar-refractivity contribution is 5.91. The van der Waals surface area contributed by atoms with Crippen LogP contribution in [-0.4, -0.2) is 41.1 Å². The molecule has 5 nitrogen and oxygen atoms in total. The molecule has 1 aliphatic rings. The van der Waals surface area contributed by atoms with Crippen molar-refractivity contribution in [1.82, 2.24) is 9.88 Å². The quantitative estimate of drug-likeness (QED) is 0.897. The van der Waals surface area contributed by atoms with Crippen molar-refractivity contribution in [2.75, 3.05) is 20.1 Å². The lowest BCUT2D eigenvalue weighted by atomic mass is 9.97. The Morgan fingerprint density at radius 2 is 2.16 bits per heavy atom. The van der Waals surface area contributed by atoms with Crippen LogP contribution in [0, 0.1) is 0 Å². The van der Waals surface area contributed by atoms with E-state index in [1.165, 1.54) is 0 Å². The van der Waals surface area contributed by atoms with E-state index in [0.29, 0.717) is 17.0 Å². The van der Waals surface area contributed by atoms with Crippen LogP contribution >= 0.6 is 0 Å². The normalized spacial score (nSPS) is 17.9. The molecule has 100 valence electrons. The van der Waals surface area contributed by atoms with E-state index in [1.54, 1.807) is 18.2 Å². The Hall–Kier alpha value is -1.88. The number of benzene rings is 1. The molecular formula is C14H16N2O3. The van der Waals surface area contributed by atoms with E-state index in [9.17, 15) is 4.79 Å². The summed E-state index contributed by atoms with van der Waals surface area (Å²) in [7, 11) is 2.11. The van der Waals surface area contributed by atoms with Crippen LogP contribution in [0.15, 0.2) is 22.6 Å². The summed E-state index contributed by atoms with van der Waals surface area (Å²) in [6, 6.07) is 4.80. The number of carboxylic acids is 1. The molecule has 19 heavy (non-hydrogen) atoms. The zero-order chi connectivity index (χ0) is 13.4. The zero-order valence-electron chi connectivity index (χ0n) is 10.8. The van der Waals surface area contributed by atoms with Gasteiger partial charge in [0.1, 0.15) is 5.52 Å². The molecule has 1 aromatic carbocycles. The molecular weight excluding hydrogens is 244 g/mol. The van der Waals surface area contributed by atoms with Gasteiger partial charge in [0.05, 0.1) is 5.56 Å². The molecule has 1 aromatic heterocycles. The van der Waals surface area contributed by atoms with Crippen LogP contribution in [0.5, 0.6) is 0 Å². The monoisotopic (exact) mass is 260 g/mol. The Balaban J connectivity index is 1.91. The number of aromatic nitrogens is 1. The number of fused-ring (bicyclic) bond motifs is 1. The average molecular weight is 260 g/mol. The number of carbonyl (C=O) groups is 1. The number of nitrogens with zero attached hydrogens (tertiary/aromatic N) is 2. The molecule has 0 bridgehead atoms. The van der Waals surface area contributed by atoms with Crippen molar-refractivity contribution in [2.45, 2.75) is 18.8 Å². The maximum absolute atomic E-state index is 10.9. The number of oxazole rings is 1. The topological polar surface area (TPSA) is 66.6 Å². The third-order valence-electron chi connectivity index (χ3n) is 3.72. The van der Waals surface area contributed by atoms with Gasteiger partial charge in [0.15, 0.2) is 11.5 Å². The van der Waals surface area contributed by atoms with E-state index in [2.05, 4.69) is 16.9 Å². The minimum Gasteiger partial charge on any atom is -0.478 e. The maximum atomic E-state index is 10.9. The smallest absolute Gasteiger partial charge is 0.335 e. The van der Waals surface area contributed by atoms with Gasteiger partial charge in [0.25, 0.3) is 0 Å². The molecule has 0 aliphatic carbocycles. The lowest BCUT2D eigenvalue weighted by Gasteiger charge is -2.26. The highest BCUT2D eigenvalue weighted by atomic mass is 16.4. The fourth-order valence-electron chi connectivity index (χ4n) is 2.51. The molecule has 1 aliphatic heterocycles. The van der Waals surface area contributed by atoms with Crippen molar-refractivity contribution < 1.29 is 14.3 Å². The zero-order valence-corrected chi connectivity index (χ0v) is 10.8. The molecule has 0 atom stereocenters. The van der Waals surface area contributed by atoms with E-state index in [4.69, 9.17) is 9.52 Å². The summed E-state index contributed by atoms with van der Waals surface area (Å²) in [6.45, 7) is 2.09. The largest absolute Gasteiger partial charge is 0.478 e. The number of likely N-dealkylation sites (tertiary alicyclic amines) is 1. The van der Waals surface area contributed by atoms with E-state index in [-0.39, 0.29) is 5.56 Å². The van der Waals surface area contributed by atoms with Crippen molar-refractivity contribution in [2.24, 2.45) is 0 Å². The van der Waals surface area contributed by atoms with Crippen molar-refractivity contribution in [1.29, 1.82) is 0 Å². The minimum absolute atomic E-state index is 0.246. The van der Waals surface area contributed by atoms with Gasteiger partial charge in [-0.25, -0.2) is 9.78 Å². The van der Waals surface area contributed by atoms with Crippen LogP contribution in [0.3, 0.4) is 0 Å². The Morgan fingerprint density at radius 1 is 1.42 bits per heavy atom. The molecule has 3 rings (SSSR count). The predicted octanol–water partition coefficient (Wildman–Crippen LogP) is 2.34. The minimum atomic E-state index is -0.939. The van der Waals surface area contributed by atoms with Gasteiger partial charge >= 0.3 is 5.97 Å². The van der Waals surface area contributed by atoms with Gasteiger partial charge in [-0.2, -0.15) is 0 Å². The Labute approximate surface area is 110 Å². The van der Waals surface area contributed by atoms with E-state index in [0.717, 1.165) is 31.8 Å². The number of hydrogen-bond acceptors (Lipinski definition) is 4. The number of piperidine rings is 1. The van der Waals surface area contributed by atoms with Crippen molar-refractivity contribution in [3.63, 3.8) is 0 Å². The first kappa shape index (κ1) is 12.2. The van der Waals surface area contributed by atoms with Crippen molar-refractivity contribution in [3.05, 3.63) is 29.7 Å². The molecule has 1 N–H and O–H groups in total. The third-order valence-corrected chi connectivity index (χ3v) is 3.72. The van der Waals surface area contributed by atoms with Crippen molar-refractivity contribution >= 4 is 17.1 Å². The van der Waals surface area contributed by atoms with Gasteiger partial charge in [-0.3, -0.25) is 0 Å². The molecule has 2 heterocycles. The molecule has 1 saturated heterocycles. The van der Waals surface area contributed by atoms with E-state index < -0.39 is 5.97 Å². The summed E-state index contributed by atoms with van der Waals surface area (Å²) in [6.07, 6.45) is 2.07. The molecule has 1 fully saturated rings. The molecule has 0 spiro atoms. The Morgan fingerprint density at radius 3 is 2.84 bits per heavy atom. The molecule has 5 heteroatoms. The second kappa shape index (κ2) is 4.66. The Kier molecular flexibility index (Phi) is 2.98. The van der Waals surface area contributed by atoms with Crippen molar-refractivity contribution in [3.8, 4) is 0 Å². The number of hydrogen-bond donors (Lipinski definition) is 1. The average Bonchev–Trinajstić information content (AvgIpc) is 2.82. The van der Waals surface area contributed by atoms with Gasteiger partial charge in [0.2, 0.25) is 0 Å². The van der Waals surface area contributed by atoms with Gasteiger partial charge < -0.3 is 14.4 Å². The van der Waals surface area contributed by atoms with Gasteiger partial charge in [-0.1, -0.05) is 0 Å². The summed E-state index contributed by atoms with van der Waals surface area (Å²) < 4.78 is 5.75. The summed E-state index contributed by atoms with van der Waals surface area (Å²) >= 11 is 0. The first-order chi connectivity index (χ1) is 9.13. The Bertz CT molecular complexity index is 612. The second-order valence-electron chi connectivity index (χ2n) is 5.12. The van der Waals surface area contributed by atoms with Crippen LogP contribution in [0.2, 0.25) is 0 Å². The highest BCUT2D eigenvalue weighted by Crippen LogP contribution is 2.29. The third kappa shape index (κ3) is 2.33. The van der Waals surface area contributed by atoms with Crippen LogP contribution < -0.4 is 0 Å². The maximum Gasteiger partial charge on any atom is 0.335 e. The summed E-state index contributed by atoms with van der Waals surface area (Å²) in [5.41, 5.74) is 1.54. The van der Waals surface area contributed by atoms with Crippen LogP contribution in [0.4, 0.5) is 0 Å². The van der Waals surface area contributed by atoms with E-state index in [1.807, 2.05) is 0 Å². The number of aromatic carboxylic acids is 1. The van der Waals surface area contributed by atoms with Crippen LogP contribution in [-0.2, 0) is 0 Å². The lowest BCUT2D eigenvalue weighted by Crippen LogP contribution is -2.29. The molecule has 0 radical (unpaired) electrons. The number of rotatable bonds is 2. The summed E-state index contributed by atoms with van der Waals surface area (Å²) in [5.74, 6) is 0.147. The lowest BCUT2D eigenvalue weighted by molar-refractivity contribution is 0.0697. The first-order valence-electron chi connectivity index (χ1n) is 6.46. The predicted molar refractivity (Wildman–Crippen MR) is 70.4 cm³/mol. The fourth-order valence-corrected chi connectivity index (χ4v) is 2.51. The molecule has 2 aromatic rings. The van der Waals surface area contributed by atoms with Crippen LogP contribution in [0.1, 0.15) is 35.0 Å². The molecule has 0 amide bonds. The molecule has 0 saturated carbocycles. The fraction of sp³-hybridized carbons (Fsp3) is 0.429. The second-order valence-corrected chi connectivity index (χ2v) is 5.12. The van der Waals surface area contributed by atoms with Crippen LogP contribution in [0.25, 0.3) is 11.1 Å². The standard InChI is InChI=1S/C14H16N2O3/c1-16-6-4-9(5-7-16)13-15-11-8-10(14(17)18)2-3-12(11)19-13/h2-3,8-9H,4-7H2,1H3,(H,17,18). The van der Waals surface area contributed by atoms with Gasteiger partial charge in [0, 0.05) is 5.92 Å². The number of carboxylic acid groups (broad SMARTS) is 1. The first-order valence-corrected chi connectivity index (χ1v) is 6.46. The summed E-state index contributed by atoms with van der Waals surface area (Å²) in [4.78, 5) is 17.7. The summed E-state index contributed by atoms with van der Waals surface area (Å²) in [5, 5.41) is 8.97. The highest BCUT2D eigenvalue weighted by Gasteiger charge is 2.23. The van der Waals surface area contributed by atoms with Gasteiger partial charge in [-0.05, 0) is 51.2 Å². The van der Waals surface area contributed by atoms with Gasteiger partial charge in [-0.15, -0.1) is 0 Å².